The van der Waals surface area contributed by atoms with Gasteiger partial charge in [-0.05, 0) is 34.7 Å². The van der Waals surface area contributed by atoms with Crippen molar-refractivity contribution in [3.8, 4) is 6.07 Å². The first-order chi connectivity index (χ1) is 8.38. The summed E-state index contributed by atoms with van der Waals surface area (Å²) in [5.41, 5.74) is 5.60. The van der Waals surface area contributed by atoms with Gasteiger partial charge in [-0.15, -0.1) is 0 Å². The van der Waals surface area contributed by atoms with Crippen molar-refractivity contribution in [2.24, 2.45) is 0 Å². The molecule has 0 bridgehead atoms. The van der Waals surface area contributed by atoms with Gasteiger partial charge in [0, 0.05) is 0 Å². The monoisotopic (exact) mass is 217 g/mol. The van der Waals surface area contributed by atoms with Crippen LogP contribution in [0.25, 0.3) is 12.2 Å². The van der Waals surface area contributed by atoms with Crippen LogP contribution < -0.4 is 0 Å². The summed E-state index contributed by atoms with van der Waals surface area (Å²) in [6.07, 6.45) is 5.05. The molecule has 1 aliphatic rings. The molecule has 1 aliphatic carbocycles. The van der Waals surface area contributed by atoms with Crippen LogP contribution in [0.15, 0.2) is 42.5 Å². The lowest BCUT2D eigenvalue weighted by Crippen LogP contribution is -1.93. The number of rotatable bonds is 0. The van der Waals surface area contributed by atoms with Crippen LogP contribution in [0.5, 0.6) is 0 Å². The quantitative estimate of drug-likeness (QED) is 0.564. The van der Waals surface area contributed by atoms with Gasteiger partial charge in [0.1, 0.15) is 0 Å². The van der Waals surface area contributed by atoms with E-state index in [1.165, 1.54) is 16.7 Å². The van der Waals surface area contributed by atoms with E-state index in [9.17, 15) is 0 Å². The molecule has 80 valence electrons. The van der Waals surface area contributed by atoms with Crippen LogP contribution in [0.2, 0.25) is 0 Å². The Morgan fingerprint density at radius 1 is 0.882 bits per heavy atom. The van der Waals surface area contributed by atoms with Crippen molar-refractivity contribution >= 4 is 12.2 Å². The van der Waals surface area contributed by atoms with Gasteiger partial charge in [0.25, 0.3) is 0 Å². The molecule has 0 saturated heterocycles. The maximum atomic E-state index is 9.12. The molecule has 0 aromatic heterocycles. The summed E-state index contributed by atoms with van der Waals surface area (Å²) in [5.74, 6) is 0. The molecule has 0 aliphatic heterocycles. The number of fused-ring (bicyclic) bond motifs is 2. The van der Waals surface area contributed by atoms with Crippen molar-refractivity contribution in [1.82, 2.24) is 0 Å². The Hall–Kier alpha value is -2.33. The van der Waals surface area contributed by atoms with Gasteiger partial charge in [-0.2, -0.15) is 5.26 Å². The second-order valence-corrected chi connectivity index (χ2v) is 4.20. The minimum absolute atomic E-state index is 0.756. The van der Waals surface area contributed by atoms with E-state index in [0.717, 1.165) is 17.5 Å². The van der Waals surface area contributed by atoms with Crippen molar-refractivity contribution in [3.05, 3.63) is 70.3 Å². The second-order valence-electron chi connectivity index (χ2n) is 4.20. The van der Waals surface area contributed by atoms with Crippen LogP contribution in [0.1, 0.15) is 27.8 Å². The highest BCUT2D eigenvalue weighted by Gasteiger charge is 2.11. The molecule has 0 heterocycles. The fourth-order valence-electron chi connectivity index (χ4n) is 2.30. The van der Waals surface area contributed by atoms with E-state index in [4.69, 9.17) is 5.26 Å². The summed E-state index contributed by atoms with van der Waals surface area (Å²) < 4.78 is 0. The van der Waals surface area contributed by atoms with E-state index in [-0.39, 0.29) is 0 Å². The lowest BCUT2D eigenvalue weighted by atomic mass is 9.97. The maximum absolute atomic E-state index is 9.12. The second kappa shape index (κ2) is 3.92. The SMILES string of the molecule is N#Cc1cccc2c1C=Cc1ccccc1C2. The number of nitriles is 1. The molecular formula is C16H11N. The highest BCUT2D eigenvalue weighted by molar-refractivity contribution is 5.77. The van der Waals surface area contributed by atoms with Gasteiger partial charge in [-0.1, -0.05) is 48.6 Å². The van der Waals surface area contributed by atoms with Crippen LogP contribution in [-0.2, 0) is 6.42 Å². The summed E-state index contributed by atoms with van der Waals surface area (Å²) in [6, 6.07) is 16.6. The molecule has 0 amide bonds. The molecule has 0 saturated carbocycles. The zero-order chi connectivity index (χ0) is 11.7. The van der Waals surface area contributed by atoms with Crippen molar-refractivity contribution in [1.29, 1.82) is 5.26 Å². The average Bonchev–Trinajstić information content (AvgIpc) is 2.57. The van der Waals surface area contributed by atoms with Gasteiger partial charge >= 0.3 is 0 Å². The van der Waals surface area contributed by atoms with Gasteiger partial charge in [0.05, 0.1) is 11.6 Å². The van der Waals surface area contributed by atoms with Crippen LogP contribution in [0.4, 0.5) is 0 Å². The third-order valence-electron chi connectivity index (χ3n) is 3.18. The zero-order valence-corrected chi connectivity index (χ0v) is 9.35. The number of benzene rings is 2. The fraction of sp³-hybridized carbons (Fsp3) is 0.0625. The highest BCUT2D eigenvalue weighted by atomic mass is 14.2. The molecule has 17 heavy (non-hydrogen) atoms. The molecule has 0 unspecified atom stereocenters. The predicted octanol–water partition coefficient (Wildman–Crippen LogP) is 3.63. The smallest absolute Gasteiger partial charge is 0.0998 e. The van der Waals surface area contributed by atoms with E-state index >= 15 is 0 Å². The van der Waals surface area contributed by atoms with Crippen molar-refractivity contribution in [2.75, 3.05) is 0 Å². The normalized spacial score (nSPS) is 12.2. The van der Waals surface area contributed by atoms with Crippen molar-refractivity contribution in [3.63, 3.8) is 0 Å². The molecule has 0 N–H and O–H groups in total. The van der Waals surface area contributed by atoms with Crippen LogP contribution in [-0.4, -0.2) is 0 Å². The lowest BCUT2D eigenvalue weighted by Gasteiger charge is -2.06. The van der Waals surface area contributed by atoms with Gasteiger partial charge in [0.2, 0.25) is 0 Å². The molecule has 0 radical (unpaired) electrons. The standard InChI is InChI=1S/C16H11N/c17-11-15-7-3-6-14-10-13-5-2-1-4-12(13)8-9-16(14)15/h1-9H,10H2. The first-order valence-electron chi connectivity index (χ1n) is 5.66. The Bertz CT molecular complexity index is 645. The summed E-state index contributed by atoms with van der Waals surface area (Å²) >= 11 is 0. The van der Waals surface area contributed by atoms with Crippen molar-refractivity contribution < 1.29 is 0 Å². The van der Waals surface area contributed by atoms with E-state index in [1.807, 2.05) is 18.2 Å². The molecular weight excluding hydrogens is 206 g/mol. The van der Waals surface area contributed by atoms with Gasteiger partial charge in [0.15, 0.2) is 0 Å². The predicted molar refractivity (Wildman–Crippen MR) is 69.3 cm³/mol. The molecule has 3 rings (SSSR count). The minimum atomic E-state index is 0.756. The van der Waals surface area contributed by atoms with Gasteiger partial charge in [-0.25, -0.2) is 0 Å². The van der Waals surface area contributed by atoms with E-state index < -0.39 is 0 Å². The first-order valence-corrected chi connectivity index (χ1v) is 5.66. The van der Waals surface area contributed by atoms with Gasteiger partial charge in [-0.3, -0.25) is 0 Å². The molecule has 2 aromatic rings. The molecule has 0 atom stereocenters. The Labute approximate surface area is 101 Å². The average molecular weight is 217 g/mol. The summed E-state index contributed by atoms with van der Waals surface area (Å²) in [7, 11) is 0. The minimum Gasteiger partial charge on any atom is -0.192 e. The Kier molecular flexibility index (Phi) is 2.27. The number of hydrogen-bond donors (Lipinski definition) is 0. The Morgan fingerprint density at radius 2 is 1.71 bits per heavy atom. The third kappa shape index (κ3) is 1.64. The fourth-order valence-corrected chi connectivity index (χ4v) is 2.30. The Balaban J connectivity index is 2.22. The highest BCUT2D eigenvalue weighted by Crippen LogP contribution is 2.26. The zero-order valence-electron chi connectivity index (χ0n) is 9.35. The summed E-state index contributed by atoms with van der Waals surface area (Å²) in [6.45, 7) is 0. The molecule has 1 nitrogen and oxygen atoms in total. The molecule has 1 heteroatoms. The topological polar surface area (TPSA) is 23.8 Å². The van der Waals surface area contributed by atoms with Crippen LogP contribution in [0, 0.1) is 11.3 Å². The Morgan fingerprint density at radius 3 is 2.59 bits per heavy atom. The number of hydrogen-bond acceptors (Lipinski definition) is 1. The van der Waals surface area contributed by atoms with Gasteiger partial charge < -0.3 is 0 Å². The largest absolute Gasteiger partial charge is 0.192 e. The number of nitrogens with zero attached hydrogens (tertiary/aromatic N) is 1. The molecule has 0 spiro atoms. The van der Waals surface area contributed by atoms with Crippen LogP contribution in [0.3, 0.4) is 0 Å². The summed E-state index contributed by atoms with van der Waals surface area (Å²) in [4.78, 5) is 0. The molecule has 0 fully saturated rings. The van der Waals surface area contributed by atoms with E-state index in [1.54, 1.807) is 0 Å². The van der Waals surface area contributed by atoms with Crippen molar-refractivity contribution in [2.45, 2.75) is 6.42 Å². The third-order valence-corrected chi connectivity index (χ3v) is 3.18. The maximum Gasteiger partial charge on any atom is 0.0998 e. The van der Waals surface area contributed by atoms with E-state index in [2.05, 4.69) is 42.5 Å². The summed E-state index contributed by atoms with van der Waals surface area (Å²) in [5, 5.41) is 9.12. The first kappa shape index (κ1) is 9.86. The van der Waals surface area contributed by atoms with E-state index in [0.29, 0.717) is 0 Å². The lowest BCUT2D eigenvalue weighted by molar-refractivity contribution is 1.18. The van der Waals surface area contributed by atoms with Crippen LogP contribution >= 0.6 is 0 Å². The molecule has 2 aromatic carbocycles.